The van der Waals surface area contributed by atoms with Crippen LogP contribution in [0.5, 0.6) is 0 Å². The molecule has 0 aliphatic rings. The lowest BCUT2D eigenvalue weighted by Crippen LogP contribution is -2.29. The number of amides is 1. The number of benzene rings is 1. The Hall–Kier alpha value is -2.45. The number of nitrogens with one attached hydrogen (secondary N) is 1. The van der Waals surface area contributed by atoms with Crippen LogP contribution in [0, 0.1) is 10.1 Å². The summed E-state index contributed by atoms with van der Waals surface area (Å²) in [7, 11) is 0. The summed E-state index contributed by atoms with van der Waals surface area (Å²) < 4.78 is 5.00. The van der Waals surface area contributed by atoms with Crippen molar-refractivity contribution in [3.05, 3.63) is 56.4 Å². The number of ether oxygens (including phenoxy) is 1. The zero-order valence-corrected chi connectivity index (χ0v) is 13.4. The third-order valence-electron chi connectivity index (χ3n) is 2.74. The van der Waals surface area contributed by atoms with Gasteiger partial charge in [0.1, 0.15) is 4.88 Å². The van der Waals surface area contributed by atoms with Gasteiger partial charge in [-0.05, 0) is 37.3 Å². The van der Waals surface area contributed by atoms with Gasteiger partial charge in [0, 0.05) is 16.8 Å². The molecular formula is C14H11ClN2O5S. The van der Waals surface area contributed by atoms with E-state index in [2.05, 4.69) is 5.32 Å². The minimum Gasteiger partial charge on any atom is -0.448 e. The average Bonchev–Trinajstić information content (AvgIpc) is 2.99. The summed E-state index contributed by atoms with van der Waals surface area (Å²) in [5.74, 6) is -1.31. The van der Waals surface area contributed by atoms with E-state index in [-0.39, 0.29) is 9.88 Å². The van der Waals surface area contributed by atoms with Crippen molar-refractivity contribution in [2.45, 2.75) is 13.0 Å². The molecule has 0 aliphatic carbocycles. The molecule has 0 aliphatic heterocycles. The summed E-state index contributed by atoms with van der Waals surface area (Å²) in [5.41, 5.74) is 0.508. The maximum atomic E-state index is 12.0. The van der Waals surface area contributed by atoms with Crippen molar-refractivity contribution >= 4 is 45.5 Å². The Bertz CT molecular complexity index is 744. The molecule has 0 fully saturated rings. The van der Waals surface area contributed by atoms with Gasteiger partial charge >= 0.3 is 11.0 Å². The zero-order chi connectivity index (χ0) is 17.0. The van der Waals surface area contributed by atoms with E-state index in [4.69, 9.17) is 16.3 Å². The first-order valence-corrected chi connectivity index (χ1v) is 7.58. The fourth-order valence-electron chi connectivity index (χ4n) is 1.58. The monoisotopic (exact) mass is 354 g/mol. The van der Waals surface area contributed by atoms with Crippen molar-refractivity contribution in [2.75, 3.05) is 5.32 Å². The van der Waals surface area contributed by atoms with Gasteiger partial charge in [-0.25, -0.2) is 4.79 Å². The van der Waals surface area contributed by atoms with E-state index in [1.165, 1.54) is 19.1 Å². The maximum absolute atomic E-state index is 12.0. The van der Waals surface area contributed by atoms with Crippen molar-refractivity contribution in [3.63, 3.8) is 0 Å². The predicted octanol–water partition coefficient (Wildman–Crippen LogP) is 3.49. The summed E-state index contributed by atoms with van der Waals surface area (Å²) in [4.78, 5) is 33.9. The van der Waals surface area contributed by atoms with Crippen LogP contribution in [0.3, 0.4) is 0 Å². The molecule has 23 heavy (non-hydrogen) atoms. The van der Waals surface area contributed by atoms with Gasteiger partial charge in [0.25, 0.3) is 5.91 Å². The molecule has 0 spiro atoms. The summed E-state index contributed by atoms with van der Waals surface area (Å²) in [6, 6.07) is 8.93. The molecule has 2 rings (SSSR count). The Morgan fingerprint density at radius 1 is 1.26 bits per heavy atom. The summed E-state index contributed by atoms with van der Waals surface area (Å²) in [5, 5.41) is 13.5. The van der Waals surface area contributed by atoms with E-state index < -0.39 is 22.9 Å². The van der Waals surface area contributed by atoms with Gasteiger partial charge in [0.05, 0.1) is 4.92 Å². The number of nitrogens with zero attached hydrogens (tertiary/aromatic N) is 1. The zero-order valence-electron chi connectivity index (χ0n) is 11.8. The van der Waals surface area contributed by atoms with Crippen molar-refractivity contribution in [1.82, 2.24) is 0 Å². The molecule has 7 nitrogen and oxygen atoms in total. The maximum Gasteiger partial charge on any atom is 0.349 e. The lowest BCUT2D eigenvalue weighted by atomic mass is 10.3. The number of carbonyl (C=O) groups excluding carboxylic acids is 2. The molecule has 1 heterocycles. The highest BCUT2D eigenvalue weighted by molar-refractivity contribution is 7.17. The highest BCUT2D eigenvalue weighted by Crippen LogP contribution is 2.24. The van der Waals surface area contributed by atoms with Gasteiger partial charge in [-0.1, -0.05) is 22.9 Å². The third kappa shape index (κ3) is 4.51. The number of nitro groups is 1. The van der Waals surface area contributed by atoms with E-state index in [1.54, 1.807) is 24.3 Å². The molecule has 1 atom stereocenters. The Labute approximate surface area is 140 Å². The van der Waals surface area contributed by atoms with Crippen LogP contribution < -0.4 is 5.32 Å². The van der Waals surface area contributed by atoms with Gasteiger partial charge in [-0.15, -0.1) is 0 Å². The van der Waals surface area contributed by atoms with Crippen molar-refractivity contribution < 1.29 is 19.2 Å². The Kier molecular flexibility index (Phi) is 5.30. The number of carbonyl (C=O) groups is 2. The lowest BCUT2D eigenvalue weighted by Gasteiger charge is -2.12. The summed E-state index contributed by atoms with van der Waals surface area (Å²) in [6.45, 7) is 1.41. The Morgan fingerprint density at radius 3 is 2.48 bits per heavy atom. The molecular weight excluding hydrogens is 344 g/mol. The van der Waals surface area contributed by atoms with Crippen LogP contribution in [0.4, 0.5) is 10.7 Å². The fraction of sp³-hybridized carbons (Fsp3) is 0.143. The summed E-state index contributed by atoms with van der Waals surface area (Å²) in [6.07, 6.45) is -1.06. The Balaban J connectivity index is 1.95. The van der Waals surface area contributed by atoms with Gasteiger partial charge < -0.3 is 10.1 Å². The second-order valence-corrected chi connectivity index (χ2v) is 5.94. The van der Waals surface area contributed by atoms with Gasteiger partial charge in [-0.3, -0.25) is 14.9 Å². The topological polar surface area (TPSA) is 98.5 Å². The van der Waals surface area contributed by atoms with Crippen LogP contribution in [-0.2, 0) is 9.53 Å². The molecule has 120 valence electrons. The molecule has 9 heteroatoms. The smallest absolute Gasteiger partial charge is 0.349 e. The van der Waals surface area contributed by atoms with Crippen molar-refractivity contribution in [2.24, 2.45) is 0 Å². The minimum absolute atomic E-state index is 0.0582. The quantitative estimate of drug-likeness (QED) is 0.503. The molecule has 1 aromatic carbocycles. The van der Waals surface area contributed by atoms with Crippen molar-refractivity contribution in [1.29, 1.82) is 0 Å². The average molecular weight is 355 g/mol. The lowest BCUT2D eigenvalue weighted by molar-refractivity contribution is -0.380. The van der Waals surface area contributed by atoms with Gasteiger partial charge in [0.2, 0.25) is 0 Å². The van der Waals surface area contributed by atoms with Crippen LogP contribution in [0.25, 0.3) is 0 Å². The highest BCUT2D eigenvalue weighted by Gasteiger charge is 2.22. The molecule has 2 aromatic rings. The number of hydrogen-bond acceptors (Lipinski definition) is 6. The molecule has 0 saturated heterocycles. The van der Waals surface area contributed by atoms with E-state index in [1.807, 2.05) is 0 Å². The van der Waals surface area contributed by atoms with Crippen LogP contribution in [0.15, 0.2) is 36.4 Å². The number of esters is 1. The van der Waals surface area contributed by atoms with E-state index >= 15 is 0 Å². The second kappa shape index (κ2) is 7.21. The molecule has 1 aromatic heterocycles. The van der Waals surface area contributed by atoms with E-state index in [9.17, 15) is 19.7 Å². The molecule has 0 bridgehead atoms. The fourth-order valence-corrected chi connectivity index (χ4v) is 2.41. The van der Waals surface area contributed by atoms with Crippen LogP contribution in [0.1, 0.15) is 16.6 Å². The first kappa shape index (κ1) is 16.9. The van der Waals surface area contributed by atoms with Crippen LogP contribution in [0.2, 0.25) is 5.02 Å². The van der Waals surface area contributed by atoms with Gasteiger partial charge in [-0.2, -0.15) is 0 Å². The number of halogens is 1. The molecule has 1 N–H and O–H groups in total. The van der Waals surface area contributed by atoms with Crippen molar-refractivity contribution in [3.8, 4) is 0 Å². The molecule has 0 radical (unpaired) electrons. The largest absolute Gasteiger partial charge is 0.448 e. The normalized spacial score (nSPS) is 11.6. The van der Waals surface area contributed by atoms with Gasteiger partial charge in [0.15, 0.2) is 6.10 Å². The van der Waals surface area contributed by atoms with E-state index in [0.717, 1.165) is 0 Å². The van der Waals surface area contributed by atoms with Crippen LogP contribution >= 0.6 is 22.9 Å². The van der Waals surface area contributed by atoms with Crippen LogP contribution in [-0.4, -0.2) is 22.9 Å². The number of anilines is 1. The highest BCUT2D eigenvalue weighted by atomic mass is 35.5. The first-order valence-electron chi connectivity index (χ1n) is 6.38. The predicted molar refractivity (Wildman–Crippen MR) is 85.9 cm³/mol. The first-order chi connectivity index (χ1) is 10.9. The van der Waals surface area contributed by atoms with E-state index in [0.29, 0.717) is 22.0 Å². The molecule has 0 saturated carbocycles. The molecule has 1 amide bonds. The SMILES string of the molecule is CC(OC(=O)c1ccc([N+](=O)[O-])s1)C(=O)Nc1ccc(Cl)cc1. The standard InChI is InChI=1S/C14H11ClN2O5S/c1-8(13(18)16-10-4-2-9(15)3-5-10)22-14(19)11-6-7-12(23-11)17(20)21/h2-8H,1H3,(H,16,18). The molecule has 1 unspecified atom stereocenters. The summed E-state index contributed by atoms with van der Waals surface area (Å²) >= 11 is 6.43. The minimum atomic E-state index is -1.06. The number of hydrogen-bond donors (Lipinski definition) is 1. The Morgan fingerprint density at radius 2 is 1.91 bits per heavy atom. The third-order valence-corrected chi connectivity index (χ3v) is 4.01. The number of rotatable bonds is 5. The number of thiophene rings is 1. The second-order valence-electron chi connectivity index (χ2n) is 4.44.